The minimum Gasteiger partial charge on any atom is -0.497 e. The first-order valence-corrected chi connectivity index (χ1v) is 5.13. The lowest BCUT2D eigenvalue weighted by atomic mass is 10.1. The standard InChI is InChI=1S/C12H15N5O/c1-18-10-4-2-8(3-5-10)9(6-13)7-17-12(16)11(14)15/h2-7,13H,1H3,(H3,14,15)(H2,16,17)/b9-7+,13-6?. The monoisotopic (exact) mass is 245 g/mol. The van der Waals surface area contributed by atoms with Gasteiger partial charge in [-0.15, -0.1) is 0 Å². The Morgan fingerprint density at radius 3 is 2.33 bits per heavy atom. The van der Waals surface area contributed by atoms with Crippen LogP contribution >= 0.6 is 0 Å². The zero-order valence-corrected chi connectivity index (χ0v) is 9.95. The van der Waals surface area contributed by atoms with Crippen molar-refractivity contribution in [3.05, 3.63) is 36.0 Å². The minimum atomic E-state index is -0.356. The van der Waals surface area contributed by atoms with Crippen LogP contribution in [0.3, 0.4) is 0 Å². The van der Waals surface area contributed by atoms with E-state index in [-0.39, 0.29) is 11.7 Å². The van der Waals surface area contributed by atoms with Gasteiger partial charge in [0.15, 0.2) is 11.7 Å². The molecule has 0 atom stereocenters. The normalized spacial score (nSPS) is 10.6. The van der Waals surface area contributed by atoms with Gasteiger partial charge in [-0.25, -0.2) is 0 Å². The molecule has 0 saturated carbocycles. The van der Waals surface area contributed by atoms with Crippen molar-refractivity contribution in [3.63, 3.8) is 0 Å². The molecule has 0 radical (unpaired) electrons. The summed E-state index contributed by atoms with van der Waals surface area (Å²) in [6.45, 7) is 0. The Bertz CT molecular complexity index is 490. The first-order valence-electron chi connectivity index (χ1n) is 5.13. The van der Waals surface area contributed by atoms with Gasteiger partial charge >= 0.3 is 0 Å². The molecule has 1 aromatic rings. The van der Waals surface area contributed by atoms with Gasteiger partial charge in [-0.3, -0.25) is 10.8 Å². The van der Waals surface area contributed by atoms with Crippen molar-refractivity contribution < 1.29 is 4.74 Å². The summed E-state index contributed by atoms with van der Waals surface area (Å²) in [7, 11) is 1.58. The van der Waals surface area contributed by atoms with E-state index in [1.54, 1.807) is 31.4 Å². The van der Waals surface area contributed by atoms with E-state index in [0.717, 1.165) is 17.5 Å². The average molecular weight is 245 g/mol. The van der Waals surface area contributed by atoms with Crippen molar-refractivity contribution in [2.24, 2.45) is 5.73 Å². The van der Waals surface area contributed by atoms with Gasteiger partial charge in [0.2, 0.25) is 0 Å². The SMILES string of the molecule is COc1ccc(/C(C=N)=C/NC(=N)C(=N)N)cc1. The summed E-state index contributed by atoms with van der Waals surface area (Å²) >= 11 is 0. The van der Waals surface area contributed by atoms with E-state index in [1.165, 1.54) is 6.20 Å². The minimum absolute atomic E-state index is 0.206. The fourth-order valence-electron chi connectivity index (χ4n) is 1.22. The number of ether oxygens (including phenoxy) is 1. The first-order chi connectivity index (χ1) is 8.58. The largest absolute Gasteiger partial charge is 0.497 e. The maximum atomic E-state index is 7.34. The third-order valence-corrected chi connectivity index (χ3v) is 2.22. The quantitative estimate of drug-likeness (QED) is 0.405. The highest BCUT2D eigenvalue weighted by Gasteiger charge is 2.01. The average Bonchev–Trinajstić information content (AvgIpc) is 2.39. The first kappa shape index (κ1) is 13.4. The molecule has 0 aliphatic heterocycles. The van der Waals surface area contributed by atoms with Crippen molar-refractivity contribution in [2.45, 2.75) is 0 Å². The van der Waals surface area contributed by atoms with Crippen LogP contribution in [0.25, 0.3) is 5.57 Å². The maximum absolute atomic E-state index is 7.34. The Hall–Kier alpha value is -2.63. The van der Waals surface area contributed by atoms with Crippen LogP contribution in [0.5, 0.6) is 5.75 Å². The van der Waals surface area contributed by atoms with E-state index in [4.69, 9.17) is 26.7 Å². The molecule has 6 nitrogen and oxygen atoms in total. The molecule has 0 spiro atoms. The highest BCUT2D eigenvalue weighted by atomic mass is 16.5. The van der Waals surface area contributed by atoms with Crippen LogP contribution in [0.15, 0.2) is 30.5 Å². The molecule has 0 unspecified atom stereocenters. The number of hydrogen-bond donors (Lipinski definition) is 5. The van der Waals surface area contributed by atoms with Gasteiger partial charge in [-0.2, -0.15) is 0 Å². The number of nitrogens with one attached hydrogen (secondary N) is 4. The van der Waals surface area contributed by atoms with E-state index < -0.39 is 0 Å². The number of benzene rings is 1. The summed E-state index contributed by atoms with van der Waals surface area (Å²) in [6, 6.07) is 7.16. The van der Waals surface area contributed by atoms with Gasteiger partial charge in [-0.05, 0) is 17.7 Å². The highest BCUT2D eigenvalue weighted by molar-refractivity contribution is 6.37. The Balaban J connectivity index is 2.88. The molecule has 94 valence electrons. The number of nitrogens with two attached hydrogens (primary N) is 1. The molecule has 1 rings (SSSR count). The number of allylic oxidation sites excluding steroid dienone is 1. The Labute approximate surface area is 105 Å². The molecule has 0 fully saturated rings. The van der Waals surface area contributed by atoms with Crippen LogP contribution in [-0.2, 0) is 0 Å². The second-order valence-electron chi connectivity index (χ2n) is 3.41. The molecule has 0 saturated heterocycles. The molecule has 6 N–H and O–H groups in total. The number of rotatable bonds is 4. The molecular formula is C12H15N5O. The molecular weight excluding hydrogens is 230 g/mol. The second kappa shape index (κ2) is 6.19. The summed E-state index contributed by atoms with van der Waals surface area (Å²) in [6.07, 6.45) is 2.61. The molecule has 0 bridgehead atoms. The fourth-order valence-corrected chi connectivity index (χ4v) is 1.22. The number of hydrogen-bond acceptors (Lipinski definition) is 4. The topological polar surface area (TPSA) is 119 Å². The predicted molar refractivity (Wildman–Crippen MR) is 72.5 cm³/mol. The van der Waals surface area contributed by atoms with Crippen LogP contribution in [-0.4, -0.2) is 25.0 Å². The van der Waals surface area contributed by atoms with E-state index in [0.29, 0.717) is 5.57 Å². The molecule has 18 heavy (non-hydrogen) atoms. The van der Waals surface area contributed by atoms with Gasteiger partial charge in [0, 0.05) is 18.0 Å². The second-order valence-corrected chi connectivity index (χ2v) is 3.41. The van der Waals surface area contributed by atoms with Crippen LogP contribution in [0.2, 0.25) is 0 Å². The van der Waals surface area contributed by atoms with Crippen LogP contribution < -0.4 is 15.8 Å². The summed E-state index contributed by atoms with van der Waals surface area (Å²) < 4.78 is 5.04. The fraction of sp³-hybridized carbons (Fsp3) is 0.0833. The zero-order chi connectivity index (χ0) is 13.5. The van der Waals surface area contributed by atoms with Crippen molar-refractivity contribution in [1.82, 2.24) is 5.32 Å². The molecule has 0 heterocycles. The van der Waals surface area contributed by atoms with Gasteiger partial charge < -0.3 is 21.2 Å². The summed E-state index contributed by atoms with van der Waals surface area (Å²) in [5.41, 5.74) is 6.51. The van der Waals surface area contributed by atoms with Crippen molar-refractivity contribution in [3.8, 4) is 5.75 Å². The van der Waals surface area contributed by atoms with E-state index in [1.807, 2.05) is 0 Å². The molecule has 0 aliphatic rings. The third kappa shape index (κ3) is 3.44. The summed E-state index contributed by atoms with van der Waals surface area (Å²) in [5, 5.41) is 24.3. The lowest BCUT2D eigenvalue weighted by molar-refractivity contribution is 0.415. The van der Waals surface area contributed by atoms with E-state index >= 15 is 0 Å². The predicted octanol–water partition coefficient (Wildman–Crippen LogP) is 1.19. The van der Waals surface area contributed by atoms with Gasteiger partial charge in [0.1, 0.15) is 5.75 Å². The smallest absolute Gasteiger partial charge is 0.164 e. The summed E-state index contributed by atoms with van der Waals surface area (Å²) in [4.78, 5) is 0. The molecule has 1 aromatic carbocycles. The number of amidine groups is 2. The van der Waals surface area contributed by atoms with E-state index in [9.17, 15) is 0 Å². The van der Waals surface area contributed by atoms with Gasteiger partial charge in [0.05, 0.1) is 7.11 Å². The molecule has 6 heteroatoms. The van der Waals surface area contributed by atoms with Gasteiger partial charge in [-0.1, -0.05) is 12.1 Å². The lowest BCUT2D eigenvalue weighted by Gasteiger charge is -2.05. The molecule has 0 aromatic heterocycles. The third-order valence-electron chi connectivity index (χ3n) is 2.22. The Kier molecular flexibility index (Phi) is 4.62. The highest BCUT2D eigenvalue weighted by Crippen LogP contribution is 2.16. The van der Waals surface area contributed by atoms with Crippen LogP contribution in [0.1, 0.15) is 5.56 Å². The Morgan fingerprint density at radius 2 is 1.89 bits per heavy atom. The van der Waals surface area contributed by atoms with Crippen molar-refractivity contribution in [2.75, 3.05) is 7.11 Å². The number of methoxy groups -OCH3 is 1. The lowest BCUT2D eigenvalue weighted by Crippen LogP contribution is -2.31. The van der Waals surface area contributed by atoms with E-state index in [2.05, 4.69) is 5.32 Å². The zero-order valence-electron chi connectivity index (χ0n) is 9.95. The maximum Gasteiger partial charge on any atom is 0.164 e. The van der Waals surface area contributed by atoms with Crippen molar-refractivity contribution in [1.29, 1.82) is 16.2 Å². The van der Waals surface area contributed by atoms with Gasteiger partial charge in [0.25, 0.3) is 0 Å². The molecule has 0 aliphatic carbocycles. The van der Waals surface area contributed by atoms with Crippen LogP contribution in [0, 0.1) is 16.2 Å². The summed E-state index contributed by atoms with van der Waals surface area (Å²) in [5.74, 6) is 0.167. The van der Waals surface area contributed by atoms with Crippen molar-refractivity contribution >= 4 is 23.5 Å². The van der Waals surface area contributed by atoms with Crippen LogP contribution in [0.4, 0.5) is 0 Å². The Morgan fingerprint density at radius 1 is 1.28 bits per heavy atom. The molecule has 0 amide bonds.